The van der Waals surface area contributed by atoms with E-state index < -0.39 is 13.0 Å². The first-order chi connectivity index (χ1) is 15.3. The summed E-state index contributed by atoms with van der Waals surface area (Å²) in [5.74, 6) is -0.0728. The van der Waals surface area contributed by atoms with Gasteiger partial charge in [-0.05, 0) is 36.5 Å². The lowest BCUT2D eigenvalue weighted by molar-refractivity contribution is 0.0943. The summed E-state index contributed by atoms with van der Waals surface area (Å²) in [5, 5.41) is 23.0. The molecule has 0 aliphatic carbocycles. The van der Waals surface area contributed by atoms with Gasteiger partial charge in [-0.3, -0.25) is 4.79 Å². The summed E-state index contributed by atoms with van der Waals surface area (Å²) in [4.78, 5) is 23.4. The average Bonchev–Trinajstić information content (AvgIpc) is 2.78. The van der Waals surface area contributed by atoms with Crippen LogP contribution in [0, 0.1) is 11.3 Å². The van der Waals surface area contributed by atoms with Crippen LogP contribution in [0.5, 0.6) is 5.75 Å². The van der Waals surface area contributed by atoms with E-state index in [2.05, 4.69) is 20.2 Å². The molecule has 4 rings (SSSR count). The fraction of sp³-hybridized carbons (Fsp3) is 0.273. The predicted molar refractivity (Wildman–Crippen MR) is 124 cm³/mol. The highest BCUT2D eigenvalue weighted by Crippen LogP contribution is 2.43. The van der Waals surface area contributed by atoms with Crippen LogP contribution in [0.1, 0.15) is 21.6 Å². The third-order valence-electron chi connectivity index (χ3n) is 5.55. The van der Waals surface area contributed by atoms with E-state index in [1.165, 1.54) is 12.3 Å². The zero-order chi connectivity index (χ0) is 22.9. The van der Waals surface area contributed by atoms with Crippen molar-refractivity contribution in [2.75, 3.05) is 37.0 Å². The van der Waals surface area contributed by atoms with Crippen LogP contribution in [0.3, 0.4) is 0 Å². The summed E-state index contributed by atoms with van der Waals surface area (Å²) in [6.07, 6.45) is 2.76. The Morgan fingerprint density at radius 1 is 1.31 bits per heavy atom. The number of aromatic nitrogens is 2. The zero-order valence-corrected chi connectivity index (χ0v) is 19.0. The number of carbonyl (C=O) groups excluding carboxylic acids is 1. The van der Waals surface area contributed by atoms with Crippen molar-refractivity contribution in [3.8, 4) is 11.8 Å². The highest BCUT2D eigenvalue weighted by atomic mass is 35.5. The number of hydrogen-bond acceptors (Lipinski definition) is 7. The third kappa shape index (κ3) is 4.55. The number of hydrogen-bond donors (Lipinski definition) is 2. The topological polar surface area (TPSA) is 119 Å². The molecule has 32 heavy (non-hydrogen) atoms. The molecule has 2 aromatic heterocycles. The minimum atomic E-state index is -2.04. The quantitative estimate of drug-likeness (QED) is 0.560. The lowest BCUT2D eigenvalue weighted by Crippen LogP contribution is -2.35. The second kappa shape index (κ2) is 8.78. The molecular formula is C22H21ClN5O3P. The standard InChI is InChI=1S/C22H21ClN5O3P/c1-32(31)8-6-28(7-9-32)19-5-4-16-18(27-19)13-25-20(21(16)29)22(30)26-12-15-3-2-14(11-24)10-17(15)23/h2-5,10,13,29H,6-9,12H2,1H3,(H,26,30). The number of nitrogens with one attached hydrogen (secondary N) is 1. The van der Waals surface area contributed by atoms with E-state index in [9.17, 15) is 14.5 Å². The molecule has 1 fully saturated rings. The molecular weight excluding hydrogens is 449 g/mol. The van der Waals surface area contributed by atoms with Gasteiger partial charge in [-0.25, -0.2) is 9.97 Å². The fourth-order valence-corrected chi connectivity index (χ4v) is 5.36. The molecule has 0 radical (unpaired) electrons. The Hall–Kier alpha value is -3.14. The number of nitrogens with zero attached hydrogens (tertiary/aromatic N) is 4. The van der Waals surface area contributed by atoms with Crippen LogP contribution in [0.2, 0.25) is 5.02 Å². The first-order valence-corrected chi connectivity index (χ1v) is 12.9. The third-order valence-corrected chi connectivity index (χ3v) is 8.20. The van der Waals surface area contributed by atoms with Gasteiger partial charge in [0.1, 0.15) is 5.82 Å². The van der Waals surface area contributed by atoms with Crippen molar-refractivity contribution in [1.29, 1.82) is 5.26 Å². The minimum Gasteiger partial charge on any atom is -0.505 e. The van der Waals surface area contributed by atoms with Crippen molar-refractivity contribution in [3.63, 3.8) is 0 Å². The number of carbonyl (C=O) groups is 1. The lowest BCUT2D eigenvalue weighted by Gasteiger charge is -2.31. The van der Waals surface area contributed by atoms with Crippen molar-refractivity contribution < 1.29 is 14.5 Å². The van der Waals surface area contributed by atoms with Crippen molar-refractivity contribution in [1.82, 2.24) is 15.3 Å². The SMILES string of the molecule is CP1(=O)CCN(c2ccc3c(O)c(C(=O)NCc4ccc(C#N)cc4Cl)ncc3n2)CC1. The van der Waals surface area contributed by atoms with Crippen molar-refractivity contribution in [2.24, 2.45) is 0 Å². The van der Waals surface area contributed by atoms with Gasteiger partial charge in [0.05, 0.1) is 30.5 Å². The van der Waals surface area contributed by atoms with Crippen LogP contribution < -0.4 is 10.2 Å². The van der Waals surface area contributed by atoms with E-state index in [0.717, 1.165) is 5.82 Å². The Morgan fingerprint density at radius 3 is 2.75 bits per heavy atom. The molecule has 2 N–H and O–H groups in total. The molecule has 8 nitrogen and oxygen atoms in total. The Balaban J connectivity index is 1.51. The van der Waals surface area contributed by atoms with Crippen LogP contribution in [-0.4, -0.2) is 53.1 Å². The van der Waals surface area contributed by atoms with Crippen LogP contribution in [0.15, 0.2) is 36.5 Å². The Bertz CT molecular complexity index is 1290. The van der Waals surface area contributed by atoms with E-state index in [1.54, 1.807) is 24.3 Å². The average molecular weight is 470 g/mol. The number of benzene rings is 1. The van der Waals surface area contributed by atoms with E-state index in [-0.39, 0.29) is 18.0 Å². The highest BCUT2D eigenvalue weighted by Gasteiger charge is 2.25. The summed E-state index contributed by atoms with van der Waals surface area (Å²) in [6.45, 7) is 3.30. The Morgan fingerprint density at radius 2 is 2.06 bits per heavy atom. The lowest BCUT2D eigenvalue weighted by atomic mass is 10.1. The van der Waals surface area contributed by atoms with E-state index in [4.69, 9.17) is 16.9 Å². The van der Waals surface area contributed by atoms with Gasteiger partial charge >= 0.3 is 0 Å². The first kappa shape index (κ1) is 22.1. The number of nitriles is 1. The highest BCUT2D eigenvalue weighted by molar-refractivity contribution is 7.63. The number of fused-ring (bicyclic) bond motifs is 1. The Labute approximate surface area is 190 Å². The number of aromatic hydroxyl groups is 1. The molecule has 0 spiro atoms. The number of pyridine rings is 2. The number of rotatable bonds is 4. The maximum atomic E-state index is 12.6. The van der Waals surface area contributed by atoms with Gasteiger partial charge in [-0.1, -0.05) is 17.7 Å². The normalized spacial score (nSPS) is 15.3. The van der Waals surface area contributed by atoms with Gasteiger partial charge in [0.15, 0.2) is 11.4 Å². The maximum absolute atomic E-state index is 12.6. The number of halogens is 1. The van der Waals surface area contributed by atoms with E-state index >= 15 is 0 Å². The molecule has 1 saturated heterocycles. The molecule has 164 valence electrons. The van der Waals surface area contributed by atoms with Crippen LogP contribution in [0.25, 0.3) is 10.9 Å². The predicted octanol–water partition coefficient (Wildman–Crippen LogP) is 3.60. The number of anilines is 1. The summed E-state index contributed by atoms with van der Waals surface area (Å²) >= 11 is 6.15. The van der Waals surface area contributed by atoms with Gasteiger partial charge in [0.25, 0.3) is 5.91 Å². The van der Waals surface area contributed by atoms with Crippen molar-refractivity contribution in [3.05, 3.63) is 58.4 Å². The maximum Gasteiger partial charge on any atom is 0.274 e. The van der Waals surface area contributed by atoms with Crippen LogP contribution in [-0.2, 0) is 11.1 Å². The minimum absolute atomic E-state index is 0.110. The Kier molecular flexibility index (Phi) is 6.05. The zero-order valence-electron chi connectivity index (χ0n) is 17.4. The van der Waals surface area contributed by atoms with Crippen molar-refractivity contribution in [2.45, 2.75) is 6.54 Å². The summed E-state index contributed by atoms with van der Waals surface area (Å²) in [6, 6.07) is 10.3. The molecule has 0 bridgehead atoms. The van der Waals surface area contributed by atoms with Gasteiger partial charge < -0.3 is 19.9 Å². The summed E-state index contributed by atoms with van der Waals surface area (Å²) in [5.41, 5.74) is 1.43. The molecule has 1 aliphatic heterocycles. The van der Waals surface area contributed by atoms with Gasteiger partial charge in [0, 0.05) is 42.4 Å². The second-order valence-corrected chi connectivity index (χ2v) is 11.8. The molecule has 1 aliphatic rings. The number of amides is 1. The first-order valence-electron chi connectivity index (χ1n) is 10.0. The molecule has 0 atom stereocenters. The molecule has 1 aromatic carbocycles. The molecule has 0 unspecified atom stereocenters. The van der Waals surface area contributed by atoms with E-state index in [0.29, 0.717) is 52.5 Å². The molecule has 0 saturated carbocycles. The van der Waals surface area contributed by atoms with E-state index in [1.807, 2.05) is 12.7 Å². The smallest absolute Gasteiger partial charge is 0.274 e. The summed E-state index contributed by atoms with van der Waals surface area (Å²) < 4.78 is 12.2. The van der Waals surface area contributed by atoms with Crippen LogP contribution in [0.4, 0.5) is 5.82 Å². The molecule has 1 amide bonds. The summed E-state index contributed by atoms with van der Waals surface area (Å²) in [7, 11) is -2.04. The van der Waals surface area contributed by atoms with Crippen LogP contribution >= 0.6 is 18.7 Å². The van der Waals surface area contributed by atoms with Crippen molar-refractivity contribution >= 4 is 41.4 Å². The molecule has 10 heteroatoms. The largest absolute Gasteiger partial charge is 0.505 e. The van der Waals surface area contributed by atoms with Gasteiger partial charge in [0.2, 0.25) is 0 Å². The van der Waals surface area contributed by atoms with Gasteiger partial charge in [-0.15, -0.1) is 0 Å². The van der Waals surface area contributed by atoms with Gasteiger partial charge in [-0.2, -0.15) is 5.26 Å². The second-order valence-electron chi connectivity index (χ2n) is 7.89. The fourth-order valence-electron chi connectivity index (χ4n) is 3.56. The molecule has 3 aromatic rings. The molecule has 3 heterocycles. The monoisotopic (exact) mass is 469 g/mol.